The van der Waals surface area contributed by atoms with Gasteiger partial charge in [-0.2, -0.15) is 0 Å². The maximum absolute atomic E-state index is 13.1. The number of nitrogens with zero attached hydrogens (tertiary/aromatic N) is 1. The molecule has 0 bridgehead atoms. The predicted octanol–water partition coefficient (Wildman–Crippen LogP) is 2.09. The van der Waals surface area contributed by atoms with Crippen molar-refractivity contribution in [1.29, 1.82) is 0 Å². The lowest BCUT2D eigenvalue weighted by molar-refractivity contribution is 0.102. The molecule has 1 aromatic heterocycles. The van der Waals surface area contributed by atoms with Crippen LogP contribution in [0.15, 0.2) is 36.7 Å². The second-order valence-corrected chi connectivity index (χ2v) is 4.44. The molecule has 0 saturated heterocycles. The summed E-state index contributed by atoms with van der Waals surface area (Å²) >= 11 is 0. The fourth-order valence-corrected chi connectivity index (χ4v) is 1.82. The van der Waals surface area contributed by atoms with Gasteiger partial charge in [-0.3, -0.25) is 9.78 Å². The number of hydrogen-bond donors (Lipinski definition) is 2. The van der Waals surface area contributed by atoms with Gasteiger partial charge in [0.05, 0.1) is 18.3 Å². The number of amides is 1. The van der Waals surface area contributed by atoms with E-state index < -0.39 is 11.7 Å². The largest absolute Gasteiger partial charge is 0.322 e. The molecule has 0 fully saturated rings. The number of pyridine rings is 1. The minimum Gasteiger partial charge on any atom is -0.322 e. The van der Waals surface area contributed by atoms with Crippen molar-refractivity contribution in [2.75, 3.05) is 11.9 Å². The Hall–Kier alpha value is -2.71. The summed E-state index contributed by atoms with van der Waals surface area (Å²) in [6, 6.07) is 6.56. The highest BCUT2D eigenvalue weighted by Gasteiger charge is 2.08. The molecule has 0 aliphatic rings. The molecule has 1 heterocycles. The summed E-state index contributed by atoms with van der Waals surface area (Å²) in [5.41, 5.74) is 7.79. The quantitative estimate of drug-likeness (QED) is 0.829. The van der Waals surface area contributed by atoms with E-state index in [9.17, 15) is 9.18 Å². The van der Waals surface area contributed by atoms with Crippen LogP contribution in [0.2, 0.25) is 0 Å². The molecule has 4 nitrogen and oxygen atoms in total. The number of rotatable bonds is 2. The molecule has 3 N–H and O–H groups in total. The summed E-state index contributed by atoms with van der Waals surface area (Å²) in [4.78, 5) is 15.7. The molecule has 1 amide bonds. The van der Waals surface area contributed by atoms with Gasteiger partial charge in [0.25, 0.3) is 5.91 Å². The van der Waals surface area contributed by atoms with Crippen LogP contribution in [0, 0.1) is 24.6 Å². The summed E-state index contributed by atoms with van der Waals surface area (Å²) in [6.07, 6.45) is 2.35. The van der Waals surface area contributed by atoms with Crippen molar-refractivity contribution in [3.63, 3.8) is 0 Å². The van der Waals surface area contributed by atoms with Crippen LogP contribution in [-0.2, 0) is 0 Å². The Morgan fingerprint density at radius 2 is 2.14 bits per heavy atom. The lowest BCUT2D eigenvalue weighted by atomic mass is 10.1. The number of carbonyl (C=O) groups is 1. The summed E-state index contributed by atoms with van der Waals surface area (Å²) in [5, 5.41) is 2.70. The highest BCUT2D eigenvalue weighted by atomic mass is 19.1. The Balaban J connectivity index is 2.23. The van der Waals surface area contributed by atoms with Gasteiger partial charge in [-0.05, 0) is 36.8 Å². The van der Waals surface area contributed by atoms with E-state index in [0.717, 1.165) is 23.4 Å². The average Bonchev–Trinajstić information content (AvgIpc) is 2.44. The van der Waals surface area contributed by atoms with Crippen LogP contribution in [0.1, 0.15) is 21.5 Å². The van der Waals surface area contributed by atoms with Gasteiger partial charge < -0.3 is 11.1 Å². The number of nitrogens with two attached hydrogens (primary N) is 1. The van der Waals surface area contributed by atoms with Crippen molar-refractivity contribution >= 4 is 11.6 Å². The van der Waals surface area contributed by atoms with Crippen molar-refractivity contribution in [3.05, 3.63) is 59.2 Å². The van der Waals surface area contributed by atoms with Crippen LogP contribution < -0.4 is 11.1 Å². The first-order valence-corrected chi connectivity index (χ1v) is 6.31. The Kier molecular flexibility index (Phi) is 4.64. The van der Waals surface area contributed by atoms with Crippen LogP contribution in [0.25, 0.3) is 0 Å². The highest BCUT2D eigenvalue weighted by molar-refractivity contribution is 6.04. The predicted molar refractivity (Wildman–Crippen MR) is 79.3 cm³/mol. The molecular weight excluding hydrogens is 269 g/mol. The summed E-state index contributed by atoms with van der Waals surface area (Å²) in [6.45, 7) is 2.16. The van der Waals surface area contributed by atoms with Gasteiger partial charge >= 0.3 is 0 Å². The van der Waals surface area contributed by atoms with E-state index >= 15 is 0 Å². The van der Waals surface area contributed by atoms with Gasteiger partial charge in [-0.1, -0.05) is 11.8 Å². The zero-order valence-electron chi connectivity index (χ0n) is 11.5. The summed E-state index contributed by atoms with van der Waals surface area (Å²) in [7, 11) is 0. The number of benzene rings is 1. The van der Waals surface area contributed by atoms with Gasteiger partial charge in [0.1, 0.15) is 5.82 Å². The topological polar surface area (TPSA) is 68.0 Å². The van der Waals surface area contributed by atoms with Crippen LogP contribution in [0.5, 0.6) is 0 Å². The number of hydrogen-bond acceptors (Lipinski definition) is 3. The van der Waals surface area contributed by atoms with Gasteiger partial charge in [-0.15, -0.1) is 0 Å². The number of aromatic nitrogens is 1. The Morgan fingerprint density at radius 1 is 1.33 bits per heavy atom. The number of carbonyl (C=O) groups excluding carboxylic acids is 1. The minimum absolute atomic E-state index is 0.158. The summed E-state index contributed by atoms with van der Waals surface area (Å²) in [5.74, 6) is 4.69. The van der Waals surface area contributed by atoms with Crippen LogP contribution in [-0.4, -0.2) is 17.4 Å². The first-order valence-electron chi connectivity index (χ1n) is 6.31. The lowest BCUT2D eigenvalue weighted by Crippen LogP contribution is -2.12. The van der Waals surface area contributed by atoms with Gasteiger partial charge in [0.15, 0.2) is 0 Å². The van der Waals surface area contributed by atoms with E-state index in [1.54, 1.807) is 12.1 Å². The number of halogens is 1. The molecule has 5 heteroatoms. The van der Waals surface area contributed by atoms with Gasteiger partial charge in [-0.25, -0.2) is 4.39 Å². The van der Waals surface area contributed by atoms with E-state index in [1.165, 1.54) is 6.20 Å². The summed E-state index contributed by atoms with van der Waals surface area (Å²) < 4.78 is 13.1. The van der Waals surface area contributed by atoms with Gasteiger partial charge in [0, 0.05) is 17.4 Å². The molecule has 0 spiro atoms. The zero-order chi connectivity index (χ0) is 15.2. The molecule has 2 aromatic rings. The number of nitrogens with one attached hydrogen (secondary N) is 1. The van der Waals surface area contributed by atoms with E-state index in [0.29, 0.717) is 5.69 Å². The minimum atomic E-state index is -0.554. The molecule has 0 aliphatic carbocycles. The third-order valence-corrected chi connectivity index (χ3v) is 2.64. The molecule has 0 unspecified atom stereocenters. The third-order valence-electron chi connectivity index (χ3n) is 2.64. The first-order chi connectivity index (χ1) is 10.1. The Labute approximate surface area is 122 Å². The second kappa shape index (κ2) is 6.64. The van der Waals surface area contributed by atoms with E-state index in [-0.39, 0.29) is 12.1 Å². The molecule has 0 aliphatic heterocycles. The SMILES string of the molecule is Cc1cc(C#CCN)cc(NC(=O)c2cncc(F)c2)c1. The molecule has 21 heavy (non-hydrogen) atoms. The van der Waals surface area contributed by atoms with Crippen molar-refractivity contribution in [2.45, 2.75) is 6.92 Å². The molecule has 1 aromatic carbocycles. The lowest BCUT2D eigenvalue weighted by Gasteiger charge is -2.07. The third kappa shape index (κ3) is 4.13. The number of aryl methyl sites for hydroxylation is 1. The molecule has 0 saturated carbocycles. The molecule has 0 radical (unpaired) electrons. The van der Waals surface area contributed by atoms with E-state index in [2.05, 4.69) is 22.1 Å². The molecular formula is C16H14FN3O. The first kappa shape index (κ1) is 14.7. The van der Waals surface area contributed by atoms with Crippen LogP contribution in [0.3, 0.4) is 0 Å². The standard InChI is InChI=1S/C16H14FN3O/c1-11-5-12(3-2-4-18)7-15(6-11)20-16(21)13-8-14(17)10-19-9-13/h5-10H,4,18H2,1H3,(H,20,21). The van der Waals surface area contributed by atoms with Gasteiger partial charge in [0.2, 0.25) is 0 Å². The van der Waals surface area contributed by atoms with Crippen molar-refractivity contribution in [2.24, 2.45) is 5.73 Å². The second-order valence-electron chi connectivity index (χ2n) is 4.44. The van der Waals surface area contributed by atoms with Crippen LogP contribution in [0.4, 0.5) is 10.1 Å². The molecule has 2 rings (SSSR count). The fourth-order valence-electron chi connectivity index (χ4n) is 1.82. The van der Waals surface area contributed by atoms with E-state index in [1.807, 2.05) is 13.0 Å². The molecule has 0 atom stereocenters. The number of anilines is 1. The Morgan fingerprint density at radius 3 is 2.86 bits per heavy atom. The maximum atomic E-state index is 13.1. The molecule has 106 valence electrons. The smallest absolute Gasteiger partial charge is 0.257 e. The monoisotopic (exact) mass is 283 g/mol. The van der Waals surface area contributed by atoms with Crippen molar-refractivity contribution in [3.8, 4) is 11.8 Å². The van der Waals surface area contributed by atoms with Crippen LogP contribution >= 0.6 is 0 Å². The zero-order valence-corrected chi connectivity index (χ0v) is 11.5. The Bertz CT molecular complexity index is 732. The highest BCUT2D eigenvalue weighted by Crippen LogP contribution is 2.15. The van der Waals surface area contributed by atoms with Crippen molar-refractivity contribution < 1.29 is 9.18 Å². The average molecular weight is 283 g/mol. The maximum Gasteiger partial charge on any atom is 0.257 e. The van der Waals surface area contributed by atoms with E-state index in [4.69, 9.17) is 5.73 Å². The van der Waals surface area contributed by atoms with Crippen molar-refractivity contribution in [1.82, 2.24) is 4.98 Å². The fraction of sp³-hybridized carbons (Fsp3) is 0.125. The normalized spacial score (nSPS) is 9.67.